The molecule has 1 N–H and O–H groups in total. The van der Waals surface area contributed by atoms with Crippen LogP contribution in [0.5, 0.6) is 0 Å². The molecule has 158 valence electrons. The van der Waals surface area contributed by atoms with Crippen molar-refractivity contribution in [2.24, 2.45) is 7.05 Å². The van der Waals surface area contributed by atoms with Crippen molar-refractivity contribution >= 4 is 57.3 Å². The summed E-state index contributed by atoms with van der Waals surface area (Å²) in [4.78, 5) is 29.6. The van der Waals surface area contributed by atoms with Crippen LogP contribution in [0.15, 0.2) is 58.5 Å². The molecule has 0 bridgehead atoms. The predicted octanol–water partition coefficient (Wildman–Crippen LogP) is 4.52. The van der Waals surface area contributed by atoms with Gasteiger partial charge >= 0.3 is 0 Å². The summed E-state index contributed by atoms with van der Waals surface area (Å²) in [6.07, 6.45) is 0. The number of aromatic nitrogens is 3. The molecule has 2 aromatic carbocycles. The van der Waals surface area contributed by atoms with Crippen LogP contribution in [-0.4, -0.2) is 25.8 Å². The van der Waals surface area contributed by atoms with E-state index in [0.29, 0.717) is 19.5 Å². The van der Waals surface area contributed by atoms with Gasteiger partial charge in [0.1, 0.15) is 16.3 Å². The number of anilines is 1. The molecule has 0 aliphatic carbocycles. The minimum Gasteiger partial charge on any atom is -0.323 e. The molecule has 0 saturated carbocycles. The largest absolute Gasteiger partial charge is 0.323 e. The molecule has 0 aliphatic heterocycles. The van der Waals surface area contributed by atoms with Gasteiger partial charge in [0, 0.05) is 18.8 Å². The van der Waals surface area contributed by atoms with Gasteiger partial charge in [-0.25, -0.2) is 13.8 Å². The quantitative estimate of drug-likeness (QED) is 0.261. The second-order valence-electron chi connectivity index (χ2n) is 6.41. The summed E-state index contributed by atoms with van der Waals surface area (Å²) in [7, 11) is 1.55. The van der Waals surface area contributed by atoms with E-state index in [-0.39, 0.29) is 17.0 Å². The molecular formula is C20H14F2N4O2S3. The summed E-state index contributed by atoms with van der Waals surface area (Å²) in [6, 6.07) is 12.1. The van der Waals surface area contributed by atoms with Crippen molar-refractivity contribution in [1.82, 2.24) is 14.1 Å². The van der Waals surface area contributed by atoms with Gasteiger partial charge in [0.05, 0.1) is 11.4 Å². The second-order valence-corrected chi connectivity index (χ2v) is 9.00. The lowest BCUT2D eigenvalue weighted by atomic mass is 10.3. The number of hydrogen-bond acceptors (Lipinski definition) is 6. The van der Waals surface area contributed by atoms with E-state index in [1.165, 1.54) is 15.9 Å². The molecular weight excluding hydrogens is 462 g/mol. The Hall–Kier alpha value is -2.89. The number of para-hydroxylation sites is 1. The Morgan fingerprint density at radius 3 is 2.71 bits per heavy atom. The fraction of sp³-hybridized carbons (Fsp3) is 0.100. The third-order valence-corrected chi connectivity index (χ3v) is 6.70. The van der Waals surface area contributed by atoms with Crippen LogP contribution in [0.3, 0.4) is 0 Å². The number of hydrogen-bond donors (Lipinski definition) is 1. The number of carbonyl (C=O) groups is 1. The average molecular weight is 477 g/mol. The highest BCUT2D eigenvalue weighted by Gasteiger charge is 2.17. The third kappa shape index (κ3) is 4.29. The van der Waals surface area contributed by atoms with Crippen molar-refractivity contribution in [3.05, 3.63) is 74.5 Å². The van der Waals surface area contributed by atoms with Crippen molar-refractivity contribution < 1.29 is 13.6 Å². The number of fused-ring (bicyclic) bond motifs is 1. The zero-order valence-electron chi connectivity index (χ0n) is 16.0. The molecule has 0 unspecified atom stereocenters. The van der Waals surface area contributed by atoms with E-state index in [4.69, 9.17) is 12.2 Å². The summed E-state index contributed by atoms with van der Waals surface area (Å²) in [5.41, 5.74) is 0.645. The van der Waals surface area contributed by atoms with E-state index in [2.05, 4.69) is 10.3 Å². The van der Waals surface area contributed by atoms with Crippen LogP contribution in [0.4, 0.5) is 14.5 Å². The molecule has 0 spiro atoms. The Labute approximate surface area is 188 Å². The number of benzene rings is 2. The van der Waals surface area contributed by atoms with E-state index in [9.17, 15) is 18.4 Å². The summed E-state index contributed by atoms with van der Waals surface area (Å²) in [5, 5.41) is 2.62. The van der Waals surface area contributed by atoms with E-state index >= 15 is 0 Å². The Morgan fingerprint density at radius 2 is 1.97 bits per heavy atom. The summed E-state index contributed by atoms with van der Waals surface area (Å²) in [5.74, 6) is -2.12. The number of carbonyl (C=O) groups excluding carboxylic acids is 1. The maximum atomic E-state index is 13.7. The lowest BCUT2D eigenvalue weighted by Crippen LogP contribution is -2.21. The molecule has 4 aromatic rings. The molecule has 31 heavy (non-hydrogen) atoms. The van der Waals surface area contributed by atoms with E-state index in [1.54, 1.807) is 11.6 Å². The molecule has 2 aromatic heterocycles. The molecule has 0 saturated heterocycles. The van der Waals surface area contributed by atoms with Gasteiger partial charge in [0.2, 0.25) is 5.91 Å². The van der Waals surface area contributed by atoms with Crippen LogP contribution in [0.1, 0.15) is 0 Å². The molecule has 2 heterocycles. The van der Waals surface area contributed by atoms with Gasteiger partial charge in [-0.3, -0.25) is 18.7 Å². The molecule has 4 rings (SSSR count). The van der Waals surface area contributed by atoms with Crippen molar-refractivity contribution in [3.63, 3.8) is 0 Å². The number of nitrogens with one attached hydrogen (secondary N) is 1. The van der Waals surface area contributed by atoms with Crippen LogP contribution < -0.4 is 10.9 Å². The molecule has 11 heteroatoms. The zero-order chi connectivity index (χ0) is 22.1. The summed E-state index contributed by atoms with van der Waals surface area (Å²) in [6.45, 7) is 0. The fourth-order valence-corrected chi connectivity index (χ4v) is 4.97. The van der Waals surface area contributed by atoms with Crippen molar-refractivity contribution in [3.8, 4) is 5.69 Å². The lowest BCUT2D eigenvalue weighted by Gasteiger charge is -2.10. The van der Waals surface area contributed by atoms with Gasteiger partial charge in [0.15, 0.2) is 14.8 Å². The first-order valence-corrected chi connectivity index (χ1v) is 11.1. The zero-order valence-corrected chi connectivity index (χ0v) is 18.4. The van der Waals surface area contributed by atoms with Gasteiger partial charge in [-0.1, -0.05) is 41.3 Å². The van der Waals surface area contributed by atoms with Gasteiger partial charge in [-0.2, -0.15) is 0 Å². The van der Waals surface area contributed by atoms with Gasteiger partial charge < -0.3 is 5.32 Å². The SMILES string of the molecule is Cn1c(SCC(=O)Nc2cc(F)ccc2F)nc2c(sc(=S)n2-c2ccccc2)c1=O. The predicted molar refractivity (Wildman–Crippen MR) is 121 cm³/mol. The van der Waals surface area contributed by atoms with Crippen LogP contribution >= 0.6 is 35.3 Å². The topological polar surface area (TPSA) is 68.9 Å². The van der Waals surface area contributed by atoms with Gasteiger partial charge in [0.25, 0.3) is 5.56 Å². The first-order valence-electron chi connectivity index (χ1n) is 8.91. The molecule has 0 fully saturated rings. The maximum absolute atomic E-state index is 13.7. The maximum Gasteiger partial charge on any atom is 0.273 e. The number of thiazole rings is 1. The lowest BCUT2D eigenvalue weighted by molar-refractivity contribution is -0.113. The molecule has 0 atom stereocenters. The highest BCUT2D eigenvalue weighted by Crippen LogP contribution is 2.25. The number of halogens is 2. The monoisotopic (exact) mass is 476 g/mol. The number of amides is 1. The van der Waals surface area contributed by atoms with Crippen molar-refractivity contribution in [2.75, 3.05) is 11.1 Å². The Bertz CT molecular complexity index is 1410. The van der Waals surface area contributed by atoms with Crippen LogP contribution in [0.25, 0.3) is 16.0 Å². The van der Waals surface area contributed by atoms with E-state index < -0.39 is 17.5 Å². The van der Waals surface area contributed by atoms with Crippen LogP contribution in [0, 0.1) is 15.6 Å². The Morgan fingerprint density at radius 1 is 1.23 bits per heavy atom. The first kappa shape index (κ1) is 21.3. The fourth-order valence-electron chi connectivity index (χ4n) is 2.85. The molecule has 6 nitrogen and oxygen atoms in total. The van der Waals surface area contributed by atoms with Gasteiger partial charge in [-0.15, -0.1) is 0 Å². The third-order valence-electron chi connectivity index (χ3n) is 4.32. The molecule has 0 radical (unpaired) electrons. The second kappa shape index (κ2) is 8.69. The number of thioether (sulfide) groups is 1. The molecule has 0 aliphatic rings. The smallest absolute Gasteiger partial charge is 0.273 e. The minimum atomic E-state index is -0.744. The van der Waals surface area contributed by atoms with Crippen LogP contribution in [0.2, 0.25) is 0 Å². The van der Waals surface area contributed by atoms with E-state index in [0.717, 1.165) is 35.6 Å². The highest BCUT2D eigenvalue weighted by atomic mass is 32.2. The normalized spacial score (nSPS) is 11.1. The number of nitrogens with zero attached hydrogens (tertiary/aromatic N) is 3. The summed E-state index contributed by atoms with van der Waals surface area (Å²) >= 11 is 7.62. The highest BCUT2D eigenvalue weighted by molar-refractivity contribution is 7.99. The molecule has 1 amide bonds. The summed E-state index contributed by atoms with van der Waals surface area (Å²) < 4.78 is 31.0. The standard InChI is InChI=1S/C20H14F2N4O2S3/c1-25-18(28)16-17(26(20(29)31-16)12-5-3-2-4-6-12)24-19(25)30-10-15(27)23-14-9-11(21)7-8-13(14)22/h2-9H,10H2,1H3,(H,23,27). The number of rotatable bonds is 5. The van der Waals surface area contributed by atoms with Crippen molar-refractivity contribution in [1.29, 1.82) is 0 Å². The Balaban J connectivity index is 1.64. The first-order chi connectivity index (χ1) is 14.8. The van der Waals surface area contributed by atoms with E-state index in [1.807, 2.05) is 30.3 Å². The minimum absolute atomic E-state index is 0.155. The van der Waals surface area contributed by atoms with Gasteiger partial charge in [-0.05, 0) is 36.5 Å². The average Bonchev–Trinajstić information content (AvgIpc) is 3.09. The van der Waals surface area contributed by atoms with Crippen LogP contribution in [-0.2, 0) is 11.8 Å². The van der Waals surface area contributed by atoms with Crippen molar-refractivity contribution in [2.45, 2.75) is 5.16 Å². The Kier molecular flexibility index (Phi) is 5.99.